The van der Waals surface area contributed by atoms with Crippen molar-refractivity contribution in [3.63, 3.8) is 0 Å². The average molecular weight is 272 g/mol. The Morgan fingerprint density at radius 2 is 2.05 bits per heavy atom. The van der Waals surface area contributed by atoms with Crippen molar-refractivity contribution in [3.8, 4) is 5.75 Å². The van der Waals surface area contributed by atoms with Gasteiger partial charge in [-0.05, 0) is 31.0 Å². The van der Waals surface area contributed by atoms with Crippen molar-refractivity contribution < 1.29 is 4.74 Å². The van der Waals surface area contributed by atoms with Crippen LogP contribution in [0.25, 0.3) is 0 Å². The van der Waals surface area contributed by atoms with E-state index < -0.39 is 0 Å². The van der Waals surface area contributed by atoms with Crippen molar-refractivity contribution in [1.29, 1.82) is 0 Å². The lowest BCUT2D eigenvalue weighted by molar-refractivity contribution is 0.401. The number of para-hydroxylation sites is 1. The van der Waals surface area contributed by atoms with Crippen molar-refractivity contribution in [2.24, 2.45) is 0 Å². The lowest BCUT2D eigenvalue weighted by Gasteiger charge is -2.16. The quantitative estimate of drug-likeness (QED) is 0.830. The molecule has 1 N–H and O–H groups in total. The monoisotopic (exact) mass is 272 g/mol. The van der Waals surface area contributed by atoms with Crippen LogP contribution < -0.4 is 10.1 Å². The fourth-order valence-corrected chi connectivity index (χ4v) is 2.40. The molecule has 0 saturated heterocycles. The number of aryl methyl sites for hydroxylation is 1. The maximum Gasteiger partial charge on any atom is 0.123 e. The molecule has 0 saturated carbocycles. The van der Waals surface area contributed by atoms with E-state index >= 15 is 0 Å². The van der Waals surface area contributed by atoms with E-state index in [1.165, 1.54) is 17.5 Å². The highest BCUT2D eigenvalue weighted by Crippen LogP contribution is 2.24. The van der Waals surface area contributed by atoms with E-state index in [1.54, 1.807) is 7.11 Å². The van der Waals surface area contributed by atoms with E-state index in [0.717, 1.165) is 18.8 Å². The summed E-state index contributed by atoms with van der Waals surface area (Å²) >= 11 is 0. The molecule has 1 heterocycles. The first-order chi connectivity index (χ1) is 9.74. The molecule has 0 fully saturated rings. The maximum absolute atomic E-state index is 5.41. The largest absolute Gasteiger partial charge is 0.496 e. The fraction of sp³-hybridized carbons (Fsp3) is 0.412. The zero-order valence-electron chi connectivity index (χ0n) is 12.6. The molecule has 0 amide bonds. The Bertz CT molecular complexity index is 533. The van der Waals surface area contributed by atoms with Crippen LogP contribution in [0.15, 0.2) is 42.7 Å². The summed E-state index contributed by atoms with van der Waals surface area (Å²) in [6, 6.07) is 10.6. The number of methoxy groups -OCH3 is 1. The maximum atomic E-state index is 5.41. The average Bonchev–Trinajstić information content (AvgIpc) is 2.93. The molecule has 0 radical (unpaired) electrons. The molecule has 0 bridgehead atoms. The second-order valence-electron chi connectivity index (χ2n) is 5.10. The molecule has 3 nitrogen and oxygen atoms in total. The fourth-order valence-electron chi connectivity index (χ4n) is 2.40. The number of aromatic nitrogens is 1. The van der Waals surface area contributed by atoms with Crippen LogP contribution in [0.1, 0.15) is 37.4 Å². The van der Waals surface area contributed by atoms with E-state index in [9.17, 15) is 0 Å². The minimum atomic E-state index is 0.265. The Morgan fingerprint density at radius 3 is 2.80 bits per heavy atom. The van der Waals surface area contributed by atoms with Crippen LogP contribution >= 0.6 is 0 Å². The van der Waals surface area contributed by atoms with E-state index in [2.05, 4.69) is 48.3 Å². The standard InChI is InChI=1S/C17H24N2O/c1-4-10-19-11-9-15(13-19)12-18-14(2)16-7-5-6-8-17(16)20-3/h5-9,11,13-14,18H,4,10,12H2,1-3H3. The first kappa shape index (κ1) is 14.7. The summed E-state index contributed by atoms with van der Waals surface area (Å²) < 4.78 is 7.65. The van der Waals surface area contributed by atoms with Gasteiger partial charge in [-0.15, -0.1) is 0 Å². The highest BCUT2D eigenvalue weighted by atomic mass is 16.5. The first-order valence-corrected chi connectivity index (χ1v) is 7.25. The van der Waals surface area contributed by atoms with Crippen molar-refractivity contribution in [2.45, 2.75) is 39.4 Å². The number of ether oxygens (including phenoxy) is 1. The highest BCUT2D eigenvalue weighted by Gasteiger charge is 2.10. The van der Waals surface area contributed by atoms with Crippen LogP contribution in [0.5, 0.6) is 5.75 Å². The molecule has 0 aliphatic rings. The summed E-state index contributed by atoms with van der Waals surface area (Å²) in [5.41, 5.74) is 2.52. The zero-order chi connectivity index (χ0) is 14.4. The highest BCUT2D eigenvalue weighted by molar-refractivity contribution is 5.35. The number of rotatable bonds is 7. The predicted molar refractivity (Wildman–Crippen MR) is 83.0 cm³/mol. The number of hydrogen-bond acceptors (Lipinski definition) is 2. The van der Waals surface area contributed by atoms with Gasteiger partial charge < -0.3 is 14.6 Å². The summed E-state index contributed by atoms with van der Waals surface area (Å²) in [6.07, 6.45) is 5.53. The molecule has 3 heteroatoms. The van der Waals surface area contributed by atoms with Gasteiger partial charge in [0.25, 0.3) is 0 Å². The smallest absolute Gasteiger partial charge is 0.123 e. The van der Waals surface area contributed by atoms with E-state index in [1.807, 2.05) is 18.2 Å². The van der Waals surface area contributed by atoms with Gasteiger partial charge in [0.2, 0.25) is 0 Å². The third-order valence-electron chi connectivity index (χ3n) is 3.51. The lowest BCUT2D eigenvalue weighted by Crippen LogP contribution is -2.18. The third-order valence-corrected chi connectivity index (χ3v) is 3.51. The van der Waals surface area contributed by atoms with Crippen LogP contribution in [0, 0.1) is 0 Å². The molecule has 0 aliphatic heterocycles. The number of benzene rings is 1. The second-order valence-corrected chi connectivity index (χ2v) is 5.10. The van der Waals surface area contributed by atoms with Gasteiger partial charge in [-0.25, -0.2) is 0 Å². The number of nitrogens with zero attached hydrogens (tertiary/aromatic N) is 1. The van der Waals surface area contributed by atoms with Gasteiger partial charge in [0.1, 0.15) is 5.75 Å². The summed E-state index contributed by atoms with van der Waals surface area (Å²) in [6.45, 7) is 6.32. The van der Waals surface area contributed by atoms with Gasteiger partial charge in [0, 0.05) is 37.1 Å². The van der Waals surface area contributed by atoms with Gasteiger partial charge in [0.05, 0.1) is 7.11 Å². The molecule has 2 rings (SSSR count). The molecule has 108 valence electrons. The second kappa shape index (κ2) is 7.15. The van der Waals surface area contributed by atoms with Crippen LogP contribution in [0.3, 0.4) is 0 Å². The molecule has 0 aliphatic carbocycles. The zero-order valence-corrected chi connectivity index (χ0v) is 12.6. The normalized spacial score (nSPS) is 12.3. The Balaban J connectivity index is 1.95. The lowest BCUT2D eigenvalue weighted by atomic mass is 10.1. The molecular formula is C17H24N2O. The molecule has 1 atom stereocenters. The molecule has 0 spiro atoms. The Kier molecular flexibility index (Phi) is 5.24. The summed E-state index contributed by atoms with van der Waals surface area (Å²) in [5.74, 6) is 0.941. The van der Waals surface area contributed by atoms with E-state index in [4.69, 9.17) is 4.74 Å². The number of nitrogens with one attached hydrogen (secondary N) is 1. The minimum Gasteiger partial charge on any atom is -0.496 e. The van der Waals surface area contributed by atoms with Gasteiger partial charge in [-0.1, -0.05) is 25.1 Å². The molecule has 20 heavy (non-hydrogen) atoms. The van der Waals surface area contributed by atoms with Gasteiger partial charge >= 0.3 is 0 Å². The van der Waals surface area contributed by atoms with Gasteiger partial charge in [0.15, 0.2) is 0 Å². The molecule has 1 aromatic heterocycles. The van der Waals surface area contributed by atoms with Crippen molar-refractivity contribution in [2.75, 3.05) is 7.11 Å². The molecule has 1 aromatic carbocycles. The van der Waals surface area contributed by atoms with Crippen molar-refractivity contribution in [3.05, 3.63) is 53.9 Å². The van der Waals surface area contributed by atoms with Gasteiger partial charge in [-0.3, -0.25) is 0 Å². The Labute approximate surface area is 121 Å². The van der Waals surface area contributed by atoms with Crippen LogP contribution in [-0.4, -0.2) is 11.7 Å². The molecular weight excluding hydrogens is 248 g/mol. The van der Waals surface area contributed by atoms with Crippen LogP contribution in [-0.2, 0) is 13.1 Å². The Morgan fingerprint density at radius 1 is 1.25 bits per heavy atom. The first-order valence-electron chi connectivity index (χ1n) is 7.25. The topological polar surface area (TPSA) is 26.2 Å². The van der Waals surface area contributed by atoms with Crippen molar-refractivity contribution >= 4 is 0 Å². The van der Waals surface area contributed by atoms with E-state index in [-0.39, 0.29) is 6.04 Å². The molecule has 2 aromatic rings. The van der Waals surface area contributed by atoms with Crippen molar-refractivity contribution in [1.82, 2.24) is 9.88 Å². The summed E-state index contributed by atoms with van der Waals surface area (Å²) in [7, 11) is 1.72. The third kappa shape index (κ3) is 3.64. The SMILES string of the molecule is CCCn1ccc(CNC(C)c2ccccc2OC)c1. The summed E-state index contributed by atoms with van der Waals surface area (Å²) in [4.78, 5) is 0. The van der Waals surface area contributed by atoms with E-state index in [0.29, 0.717) is 0 Å². The number of hydrogen-bond donors (Lipinski definition) is 1. The predicted octanol–water partition coefficient (Wildman–Crippen LogP) is 3.76. The molecule has 1 unspecified atom stereocenters. The van der Waals surface area contributed by atoms with Crippen LogP contribution in [0.4, 0.5) is 0 Å². The summed E-state index contributed by atoms with van der Waals surface area (Å²) in [5, 5.41) is 3.55. The Hall–Kier alpha value is -1.74. The minimum absolute atomic E-state index is 0.265. The van der Waals surface area contributed by atoms with Gasteiger partial charge in [-0.2, -0.15) is 0 Å². The van der Waals surface area contributed by atoms with Crippen LogP contribution in [0.2, 0.25) is 0 Å².